The molecular weight excluding hydrogens is 389 g/mol. The summed E-state index contributed by atoms with van der Waals surface area (Å²) in [6.45, 7) is 0.375. The Hall–Kier alpha value is -1.87. The van der Waals surface area contributed by atoms with Gasteiger partial charge in [0.1, 0.15) is 5.69 Å². The molecule has 0 aliphatic heterocycles. The Bertz CT molecular complexity index is 904. The summed E-state index contributed by atoms with van der Waals surface area (Å²) in [5.74, 6) is 0. The molecule has 25 heavy (non-hydrogen) atoms. The maximum atomic E-state index is 11.8. The number of anilines is 1. The van der Waals surface area contributed by atoms with Crippen molar-refractivity contribution in [3.8, 4) is 0 Å². The van der Waals surface area contributed by atoms with Crippen molar-refractivity contribution < 1.29 is 13.3 Å². The molecule has 2 aromatic rings. The van der Waals surface area contributed by atoms with Gasteiger partial charge in [-0.2, -0.15) is 0 Å². The maximum Gasteiger partial charge on any atom is 0.293 e. The van der Waals surface area contributed by atoms with E-state index in [0.717, 1.165) is 11.6 Å². The van der Waals surface area contributed by atoms with Crippen LogP contribution < -0.4 is 10.0 Å². The van der Waals surface area contributed by atoms with Gasteiger partial charge in [0.25, 0.3) is 5.69 Å². The zero-order valence-corrected chi connectivity index (χ0v) is 15.5. The fourth-order valence-corrected chi connectivity index (χ4v) is 3.41. The largest absolute Gasteiger partial charge is 0.379 e. The highest BCUT2D eigenvalue weighted by molar-refractivity contribution is 7.89. The summed E-state index contributed by atoms with van der Waals surface area (Å²) in [6.07, 6.45) is 0.518. The first kappa shape index (κ1) is 19.5. The second kappa shape index (κ2) is 8.01. The van der Waals surface area contributed by atoms with Crippen LogP contribution in [0.5, 0.6) is 0 Å². The van der Waals surface area contributed by atoms with Crippen molar-refractivity contribution in [3.05, 3.63) is 62.1 Å². The van der Waals surface area contributed by atoms with Crippen LogP contribution in [-0.4, -0.2) is 26.9 Å². The van der Waals surface area contributed by atoms with E-state index in [0.29, 0.717) is 23.0 Å². The van der Waals surface area contributed by atoms with E-state index in [9.17, 15) is 18.5 Å². The fourth-order valence-electron chi connectivity index (χ4n) is 2.15. The topological polar surface area (TPSA) is 101 Å². The lowest BCUT2D eigenvalue weighted by molar-refractivity contribution is -0.384. The van der Waals surface area contributed by atoms with Crippen LogP contribution in [-0.2, 0) is 16.4 Å². The van der Waals surface area contributed by atoms with E-state index in [-0.39, 0.29) is 16.3 Å². The number of rotatable bonds is 7. The predicted octanol–water partition coefficient (Wildman–Crippen LogP) is 3.46. The SMILES string of the molecule is CNS(=O)(=O)c1ccc(NCCc2ccc(Cl)cc2Cl)c([N+](=O)[O-])c1. The minimum atomic E-state index is -3.76. The van der Waals surface area contributed by atoms with Gasteiger partial charge >= 0.3 is 0 Å². The number of hydrogen-bond donors (Lipinski definition) is 2. The number of nitrogens with zero attached hydrogens (tertiary/aromatic N) is 1. The van der Waals surface area contributed by atoms with E-state index in [2.05, 4.69) is 10.0 Å². The van der Waals surface area contributed by atoms with E-state index in [1.165, 1.54) is 19.2 Å². The minimum Gasteiger partial charge on any atom is -0.379 e. The summed E-state index contributed by atoms with van der Waals surface area (Å²) in [7, 11) is -2.52. The van der Waals surface area contributed by atoms with Crippen LogP contribution in [0.2, 0.25) is 10.0 Å². The predicted molar refractivity (Wildman–Crippen MR) is 98.0 cm³/mol. The molecule has 0 aliphatic carbocycles. The van der Waals surface area contributed by atoms with Gasteiger partial charge < -0.3 is 5.32 Å². The molecule has 0 spiro atoms. The third-order valence-corrected chi connectivity index (χ3v) is 5.47. The molecule has 0 unspecified atom stereocenters. The number of nitro benzene ring substituents is 1. The smallest absolute Gasteiger partial charge is 0.293 e. The number of halogens is 2. The van der Waals surface area contributed by atoms with Gasteiger partial charge in [-0.25, -0.2) is 13.1 Å². The molecule has 0 atom stereocenters. The van der Waals surface area contributed by atoms with Crippen molar-refractivity contribution in [1.29, 1.82) is 0 Å². The van der Waals surface area contributed by atoms with Gasteiger partial charge in [0, 0.05) is 22.7 Å². The van der Waals surface area contributed by atoms with Gasteiger partial charge in [0.2, 0.25) is 10.0 Å². The summed E-state index contributed by atoms with van der Waals surface area (Å²) in [6, 6.07) is 8.80. The van der Waals surface area contributed by atoms with Crippen LogP contribution in [0.1, 0.15) is 5.56 Å². The zero-order chi connectivity index (χ0) is 18.6. The molecule has 0 aromatic heterocycles. The molecule has 0 radical (unpaired) electrons. The quantitative estimate of drug-likeness (QED) is 0.544. The molecule has 7 nitrogen and oxygen atoms in total. The maximum absolute atomic E-state index is 11.8. The molecule has 0 saturated heterocycles. The lowest BCUT2D eigenvalue weighted by Crippen LogP contribution is -2.19. The third kappa shape index (κ3) is 4.82. The Morgan fingerprint density at radius 3 is 2.48 bits per heavy atom. The number of nitrogens with one attached hydrogen (secondary N) is 2. The molecule has 10 heteroatoms. The average Bonchev–Trinajstić information content (AvgIpc) is 2.56. The Kier molecular flexibility index (Phi) is 6.23. The van der Waals surface area contributed by atoms with Crippen molar-refractivity contribution in [2.75, 3.05) is 18.9 Å². The molecule has 2 rings (SSSR count). The normalized spacial score (nSPS) is 11.3. The lowest BCUT2D eigenvalue weighted by atomic mass is 10.1. The van der Waals surface area contributed by atoms with E-state index >= 15 is 0 Å². The summed E-state index contributed by atoms with van der Waals surface area (Å²) in [4.78, 5) is 10.4. The minimum absolute atomic E-state index is 0.173. The van der Waals surface area contributed by atoms with Gasteiger partial charge in [0.05, 0.1) is 9.82 Å². The molecule has 0 saturated carbocycles. The van der Waals surface area contributed by atoms with Gasteiger partial charge in [-0.15, -0.1) is 0 Å². The summed E-state index contributed by atoms with van der Waals surface area (Å²) in [5, 5.41) is 15.2. The van der Waals surface area contributed by atoms with E-state index in [1.54, 1.807) is 18.2 Å². The van der Waals surface area contributed by atoms with E-state index in [1.807, 2.05) is 0 Å². The Balaban J connectivity index is 2.17. The van der Waals surface area contributed by atoms with Crippen LogP contribution in [0, 0.1) is 10.1 Å². The molecule has 2 N–H and O–H groups in total. The molecule has 0 amide bonds. The van der Waals surface area contributed by atoms with Crippen LogP contribution >= 0.6 is 23.2 Å². The molecule has 0 fully saturated rings. The first-order chi connectivity index (χ1) is 11.7. The Morgan fingerprint density at radius 2 is 1.88 bits per heavy atom. The summed E-state index contributed by atoms with van der Waals surface area (Å²) >= 11 is 11.9. The highest BCUT2D eigenvalue weighted by Crippen LogP contribution is 2.28. The summed E-state index contributed by atoms with van der Waals surface area (Å²) < 4.78 is 25.7. The van der Waals surface area contributed by atoms with Crippen molar-refractivity contribution in [2.45, 2.75) is 11.3 Å². The van der Waals surface area contributed by atoms with Gasteiger partial charge in [-0.1, -0.05) is 29.3 Å². The van der Waals surface area contributed by atoms with Crippen molar-refractivity contribution in [1.82, 2.24) is 4.72 Å². The lowest BCUT2D eigenvalue weighted by Gasteiger charge is -2.10. The first-order valence-electron chi connectivity index (χ1n) is 7.14. The molecule has 2 aromatic carbocycles. The molecule has 0 aliphatic rings. The van der Waals surface area contributed by atoms with E-state index < -0.39 is 14.9 Å². The highest BCUT2D eigenvalue weighted by Gasteiger charge is 2.20. The summed E-state index contributed by atoms with van der Waals surface area (Å²) in [5.41, 5.74) is 0.749. The second-order valence-corrected chi connectivity index (χ2v) is 7.79. The Labute approximate surface area is 155 Å². The van der Waals surface area contributed by atoms with Crippen LogP contribution in [0.15, 0.2) is 41.3 Å². The number of hydrogen-bond acceptors (Lipinski definition) is 5. The number of nitro groups is 1. The van der Waals surface area contributed by atoms with Crippen LogP contribution in [0.25, 0.3) is 0 Å². The third-order valence-electron chi connectivity index (χ3n) is 3.47. The second-order valence-electron chi connectivity index (χ2n) is 5.06. The standard InChI is InChI=1S/C15H15Cl2N3O4S/c1-18-25(23,24)12-4-5-14(15(9-12)20(21)22)19-7-6-10-2-3-11(16)8-13(10)17/h2-5,8-9,18-19H,6-7H2,1H3. The number of benzene rings is 2. The monoisotopic (exact) mass is 403 g/mol. The van der Waals surface area contributed by atoms with Crippen molar-refractivity contribution in [2.24, 2.45) is 0 Å². The zero-order valence-electron chi connectivity index (χ0n) is 13.1. The van der Waals surface area contributed by atoms with Gasteiger partial charge in [-0.3, -0.25) is 10.1 Å². The van der Waals surface area contributed by atoms with Crippen LogP contribution in [0.4, 0.5) is 11.4 Å². The molecule has 0 heterocycles. The fraction of sp³-hybridized carbons (Fsp3) is 0.200. The van der Waals surface area contributed by atoms with Crippen molar-refractivity contribution in [3.63, 3.8) is 0 Å². The first-order valence-corrected chi connectivity index (χ1v) is 9.38. The van der Waals surface area contributed by atoms with Crippen molar-refractivity contribution >= 4 is 44.6 Å². The molecule has 0 bridgehead atoms. The number of sulfonamides is 1. The van der Waals surface area contributed by atoms with Gasteiger partial charge in [0.15, 0.2) is 0 Å². The average molecular weight is 404 g/mol. The van der Waals surface area contributed by atoms with E-state index in [4.69, 9.17) is 23.2 Å². The molecular formula is C15H15Cl2N3O4S. The van der Waals surface area contributed by atoms with Crippen LogP contribution in [0.3, 0.4) is 0 Å². The Morgan fingerprint density at radius 1 is 1.16 bits per heavy atom. The highest BCUT2D eigenvalue weighted by atomic mass is 35.5. The van der Waals surface area contributed by atoms with Gasteiger partial charge in [-0.05, 0) is 43.3 Å². The molecule has 134 valence electrons.